The molecule has 170 valence electrons. The standard InChI is InChI=1S/C23H32N4O3.HI/c1-4-24-23(25-17-22(28)18-5-9-20(29-2)10-6-18)27-15-13-26(14-16-27)19-7-11-21(30-3)12-8-19;/h5-12,22,28H,4,13-17H2,1-3H3,(H,24,25);1H. The fourth-order valence-corrected chi connectivity index (χ4v) is 3.50. The van der Waals surface area contributed by atoms with Gasteiger partial charge in [-0.05, 0) is 48.9 Å². The number of hydrogen-bond acceptors (Lipinski definition) is 5. The number of aliphatic hydroxyl groups is 1. The first-order chi connectivity index (χ1) is 14.6. The van der Waals surface area contributed by atoms with E-state index < -0.39 is 6.10 Å². The lowest BCUT2D eigenvalue weighted by Crippen LogP contribution is -2.52. The molecule has 1 atom stereocenters. The van der Waals surface area contributed by atoms with Gasteiger partial charge in [0.25, 0.3) is 0 Å². The lowest BCUT2D eigenvalue weighted by molar-refractivity contribution is 0.186. The van der Waals surface area contributed by atoms with Crippen molar-refractivity contribution in [3.63, 3.8) is 0 Å². The lowest BCUT2D eigenvalue weighted by Gasteiger charge is -2.37. The lowest BCUT2D eigenvalue weighted by atomic mass is 10.1. The number of methoxy groups -OCH3 is 2. The van der Waals surface area contributed by atoms with Crippen LogP contribution < -0.4 is 19.7 Å². The highest BCUT2D eigenvalue weighted by Crippen LogP contribution is 2.21. The number of anilines is 1. The van der Waals surface area contributed by atoms with Gasteiger partial charge in [0, 0.05) is 38.4 Å². The molecule has 0 aromatic heterocycles. The molecule has 1 heterocycles. The third kappa shape index (κ3) is 6.90. The molecule has 2 aromatic carbocycles. The highest BCUT2D eigenvalue weighted by molar-refractivity contribution is 14.0. The monoisotopic (exact) mass is 540 g/mol. The van der Waals surface area contributed by atoms with Crippen molar-refractivity contribution in [2.75, 3.05) is 58.4 Å². The van der Waals surface area contributed by atoms with E-state index in [2.05, 4.69) is 34.2 Å². The Bertz CT molecular complexity index is 807. The summed E-state index contributed by atoms with van der Waals surface area (Å²) >= 11 is 0. The van der Waals surface area contributed by atoms with Gasteiger partial charge in [0.1, 0.15) is 11.5 Å². The number of halogens is 1. The maximum absolute atomic E-state index is 10.5. The molecule has 8 heteroatoms. The Morgan fingerprint density at radius 3 is 2.03 bits per heavy atom. The van der Waals surface area contributed by atoms with Crippen molar-refractivity contribution in [3.8, 4) is 11.5 Å². The number of ether oxygens (including phenoxy) is 2. The highest BCUT2D eigenvalue weighted by Gasteiger charge is 2.20. The average Bonchev–Trinajstić information content (AvgIpc) is 2.82. The summed E-state index contributed by atoms with van der Waals surface area (Å²) in [5, 5.41) is 13.9. The van der Waals surface area contributed by atoms with Crippen LogP contribution in [0.1, 0.15) is 18.6 Å². The minimum absolute atomic E-state index is 0. The Morgan fingerprint density at radius 1 is 0.968 bits per heavy atom. The van der Waals surface area contributed by atoms with Gasteiger partial charge in [-0.1, -0.05) is 12.1 Å². The zero-order valence-electron chi connectivity index (χ0n) is 18.5. The highest BCUT2D eigenvalue weighted by atomic mass is 127. The molecule has 3 rings (SSSR count). The van der Waals surface area contributed by atoms with E-state index in [4.69, 9.17) is 14.5 Å². The molecule has 31 heavy (non-hydrogen) atoms. The molecule has 0 spiro atoms. The number of aliphatic hydroxyl groups excluding tert-OH is 1. The Morgan fingerprint density at radius 2 is 1.52 bits per heavy atom. The van der Waals surface area contributed by atoms with Crippen LogP contribution in [-0.2, 0) is 0 Å². The summed E-state index contributed by atoms with van der Waals surface area (Å²) < 4.78 is 10.4. The van der Waals surface area contributed by atoms with Crippen molar-refractivity contribution in [3.05, 3.63) is 54.1 Å². The van der Waals surface area contributed by atoms with E-state index in [1.54, 1.807) is 14.2 Å². The summed E-state index contributed by atoms with van der Waals surface area (Å²) in [5.74, 6) is 2.49. The minimum Gasteiger partial charge on any atom is -0.497 e. The first kappa shape index (κ1) is 25.1. The first-order valence-corrected chi connectivity index (χ1v) is 10.4. The quantitative estimate of drug-likeness (QED) is 0.320. The van der Waals surface area contributed by atoms with E-state index in [1.165, 1.54) is 5.69 Å². The number of nitrogens with one attached hydrogen (secondary N) is 1. The Kier molecular flexibility index (Phi) is 10.2. The SMILES string of the molecule is CCNC(=NCC(O)c1ccc(OC)cc1)N1CCN(c2ccc(OC)cc2)CC1.I. The van der Waals surface area contributed by atoms with Crippen LogP contribution in [0.15, 0.2) is 53.5 Å². The van der Waals surface area contributed by atoms with E-state index in [-0.39, 0.29) is 24.0 Å². The summed E-state index contributed by atoms with van der Waals surface area (Å²) in [7, 11) is 3.31. The molecule has 1 aliphatic heterocycles. The molecule has 1 fully saturated rings. The second kappa shape index (κ2) is 12.6. The number of guanidine groups is 1. The minimum atomic E-state index is -0.648. The second-order valence-corrected chi connectivity index (χ2v) is 7.16. The first-order valence-electron chi connectivity index (χ1n) is 10.4. The third-order valence-corrected chi connectivity index (χ3v) is 5.27. The van der Waals surface area contributed by atoms with Gasteiger partial charge in [-0.2, -0.15) is 0 Å². The van der Waals surface area contributed by atoms with Crippen molar-refractivity contribution in [2.24, 2.45) is 4.99 Å². The smallest absolute Gasteiger partial charge is 0.194 e. The van der Waals surface area contributed by atoms with E-state index in [0.717, 1.165) is 55.7 Å². The van der Waals surface area contributed by atoms with Crippen LogP contribution in [0.3, 0.4) is 0 Å². The van der Waals surface area contributed by atoms with Gasteiger partial charge >= 0.3 is 0 Å². The molecular weight excluding hydrogens is 507 g/mol. The largest absolute Gasteiger partial charge is 0.497 e. The van der Waals surface area contributed by atoms with E-state index in [9.17, 15) is 5.11 Å². The predicted molar refractivity (Wildman–Crippen MR) is 136 cm³/mol. The molecule has 1 unspecified atom stereocenters. The van der Waals surface area contributed by atoms with Crippen LogP contribution >= 0.6 is 24.0 Å². The molecule has 0 aliphatic carbocycles. The predicted octanol–water partition coefficient (Wildman–Crippen LogP) is 3.14. The van der Waals surface area contributed by atoms with Gasteiger partial charge in [-0.25, -0.2) is 0 Å². The molecule has 2 aromatic rings. The van der Waals surface area contributed by atoms with Crippen molar-refractivity contribution in [2.45, 2.75) is 13.0 Å². The fraction of sp³-hybridized carbons (Fsp3) is 0.435. The number of benzene rings is 2. The number of aliphatic imine (C=N–C) groups is 1. The van der Waals surface area contributed by atoms with E-state index in [0.29, 0.717) is 6.54 Å². The zero-order chi connectivity index (χ0) is 21.3. The Labute approximate surface area is 202 Å². The fourth-order valence-electron chi connectivity index (χ4n) is 3.50. The normalized spacial score (nSPS) is 15.2. The van der Waals surface area contributed by atoms with Crippen LogP contribution in [0, 0.1) is 0 Å². The Balaban J connectivity index is 0.00000341. The number of nitrogens with zero attached hydrogens (tertiary/aromatic N) is 3. The zero-order valence-corrected chi connectivity index (χ0v) is 20.8. The molecule has 0 bridgehead atoms. The van der Waals surface area contributed by atoms with Crippen LogP contribution in [0.5, 0.6) is 11.5 Å². The maximum Gasteiger partial charge on any atom is 0.194 e. The van der Waals surface area contributed by atoms with Crippen molar-refractivity contribution in [1.29, 1.82) is 0 Å². The molecule has 0 radical (unpaired) electrons. The van der Waals surface area contributed by atoms with Crippen molar-refractivity contribution >= 4 is 35.6 Å². The second-order valence-electron chi connectivity index (χ2n) is 7.16. The van der Waals surface area contributed by atoms with Crippen molar-refractivity contribution < 1.29 is 14.6 Å². The van der Waals surface area contributed by atoms with Crippen LogP contribution in [-0.4, -0.2) is 69.5 Å². The number of hydrogen-bond donors (Lipinski definition) is 2. The molecule has 7 nitrogen and oxygen atoms in total. The van der Waals surface area contributed by atoms with Gasteiger partial charge in [-0.15, -0.1) is 24.0 Å². The molecule has 1 aliphatic rings. The summed E-state index contributed by atoms with van der Waals surface area (Å²) in [5.41, 5.74) is 2.03. The van der Waals surface area contributed by atoms with Gasteiger partial charge in [0.2, 0.25) is 0 Å². The molecular formula is C23H33IN4O3. The molecule has 0 saturated carbocycles. The van der Waals surface area contributed by atoms with Gasteiger partial charge in [-0.3, -0.25) is 4.99 Å². The molecule has 0 amide bonds. The van der Waals surface area contributed by atoms with E-state index >= 15 is 0 Å². The van der Waals surface area contributed by atoms with Crippen LogP contribution in [0.4, 0.5) is 5.69 Å². The van der Waals surface area contributed by atoms with Crippen LogP contribution in [0.2, 0.25) is 0 Å². The molecule has 1 saturated heterocycles. The molecule has 2 N–H and O–H groups in total. The van der Waals surface area contributed by atoms with Crippen LogP contribution in [0.25, 0.3) is 0 Å². The Hall–Kier alpha value is -2.20. The average molecular weight is 540 g/mol. The number of rotatable bonds is 7. The third-order valence-electron chi connectivity index (χ3n) is 5.27. The topological polar surface area (TPSA) is 69.6 Å². The van der Waals surface area contributed by atoms with Gasteiger partial charge in [0.05, 0.1) is 26.9 Å². The van der Waals surface area contributed by atoms with Gasteiger partial charge < -0.3 is 29.7 Å². The summed E-state index contributed by atoms with van der Waals surface area (Å²) in [6, 6.07) is 15.6. The van der Waals surface area contributed by atoms with Crippen molar-refractivity contribution in [1.82, 2.24) is 10.2 Å². The maximum atomic E-state index is 10.5. The van der Waals surface area contributed by atoms with E-state index in [1.807, 2.05) is 36.4 Å². The number of piperazine rings is 1. The summed E-state index contributed by atoms with van der Waals surface area (Å²) in [4.78, 5) is 9.31. The summed E-state index contributed by atoms with van der Waals surface area (Å²) in [6.07, 6.45) is -0.648. The summed E-state index contributed by atoms with van der Waals surface area (Å²) in [6.45, 7) is 6.73. The van der Waals surface area contributed by atoms with Gasteiger partial charge in [0.15, 0.2) is 5.96 Å².